The Balaban J connectivity index is 1.97. The van der Waals surface area contributed by atoms with Gasteiger partial charge in [-0.1, -0.05) is 31.2 Å². The molecule has 0 aliphatic rings. The highest BCUT2D eigenvalue weighted by atomic mass is 16.5. The third-order valence-electron chi connectivity index (χ3n) is 3.21. The summed E-state index contributed by atoms with van der Waals surface area (Å²) in [6.45, 7) is 2.59. The summed E-state index contributed by atoms with van der Waals surface area (Å²) in [6.07, 6.45) is 0.978. The zero-order chi connectivity index (χ0) is 14.4. The molecule has 20 heavy (non-hydrogen) atoms. The van der Waals surface area contributed by atoms with E-state index in [0.717, 1.165) is 17.7 Å². The van der Waals surface area contributed by atoms with Gasteiger partial charge in [0.1, 0.15) is 5.75 Å². The topological polar surface area (TPSA) is 38.3 Å². The predicted octanol–water partition coefficient (Wildman–Crippen LogP) is 3.19. The Morgan fingerprint density at radius 3 is 2.50 bits per heavy atom. The second-order valence-corrected chi connectivity index (χ2v) is 4.58. The second kappa shape index (κ2) is 6.75. The summed E-state index contributed by atoms with van der Waals surface area (Å²) in [5, 5.41) is 2.91. The molecule has 0 saturated carbocycles. The molecule has 0 aliphatic heterocycles. The van der Waals surface area contributed by atoms with Gasteiger partial charge in [0, 0.05) is 12.1 Å². The molecule has 1 N–H and O–H groups in total. The van der Waals surface area contributed by atoms with Crippen LogP contribution in [-0.2, 0) is 13.0 Å². The molecule has 0 radical (unpaired) electrons. The number of ether oxygens (including phenoxy) is 1. The minimum absolute atomic E-state index is 0.0597. The SMILES string of the molecule is CCc1ccc(C(=O)NCc2cccc(OC)c2)cc1. The van der Waals surface area contributed by atoms with Gasteiger partial charge in [-0.15, -0.1) is 0 Å². The van der Waals surface area contributed by atoms with Gasteiger partial charge < -0.3 is 10.1 Å². The maximum atomic E-state index is 12.0. The summed E-state index contributed by atoms with van der Waals surface area (Å²) in [6, 6.07) is 15.4. The monoisotopic (exact) mass is 269 g/mol. The number of aryl methyl sites for hydroxylation is 1. The van der Waals surface area contributed by atoms with Gasteiger partial charge in [0.15, 0.2) is 0 Å². The van der Waals surface area contributed by atoms with Crippen LogP contribution < -0.4 is 10.1 Å². The van der Waals surface area contributed by atoms with E-state index in [1.165, 1.54) is 5.56 Å². The number of nitrogens with one attached hydrogen (secondary N) is 1. The highest BCUT2D eigenvalue weighted by molar-refractivity contribution is 5.94. The van der Waals surface area contributed by atoms with Crippen LogP contribution in [0.2, 0.25) is 0 Å². The van der Waals surface area contributed by atoms with Crippen molar-refractivity contribution < 1.29 is 9.53 Å². The minimum atomic E-state index is -0.0597. The maximum absolute atomic E-state index is 12.0. The lowest BCUT2D eigenvalue weighted by Gasteiger charge is -2.07. The third kappa shape index (κ3) is 3.60. The lowest BCUT2D eigenvalue weighted by atomic mass is 10.1. The number of hydrogen-bond donors (Lipinski definition) is 1. The van der Waals surface area contributed by atoms with Crippen molar-refractivity contribution in [2.45, 2.75) is 19.9 Å². The number of hydrogen-bond acceptors (Lipinski definition) is 2. The van der Waals surface area contributed by atoms with E-state index in [1.54, 1.807) is 7.11 Å². The fraction of sp³-hybridized carbons (Fsp3) is 0.235. The normalized spacial score (nSPS) is 10.1. The fourth-order valence-corrected chi connectivity index (χ4v) is 1.96. The number of benzene rings is 2. The Morgan fingerprint density at radius 1 is 1.10 bits per heavy atom. The van der Waals surface area contributed by atoms with Crippen LogP contribution in [0.5, 0.6) is 5.75 Å². The Morgan fingerprint density at radius 2 is 1.85 bits per heavy atom. The molecule has 0 saturated heterocycles. The molecule has 3 heteroatoms. The summed E-state index contributed by atoms with van der Waals surface area (Å²) in [7, 11) is 1.63. The molecule has 104 valence electrons. The molecule has 0 heterocycles. The van der Waals surface area contributed by atoms with Crippen molar-refractivity contribution >= 4 is 5.91 Å². The largest absolute Gasteiger partial charge is 0.497 e. The van der Waals surface area contributed by atoms with Crippen molar-refractivity contribution in [2.24, 2.45) is 0 Å². The molecule has 2 rings (SSSR count). The van der Waals surface area contributed by atoms with Crippen LogP contribution in [0.1, 0.15) is 28.4 Å². The molecule has 0 fully saturated rings. The van der Waals surface area contributed by atoms with Gasteiger partial charge in [-0.05, 0) is 41.8 Å². The summed E-state index contributed by atoms with van der Waals surface area (Å²) in [5.74, 6) is 0.736. The van der Waals surface area contributed by atoms with Crippen molar-refractivity contribution in [3.8, 4) is 5.75 Å². The lowest BCUT2D eigenvalue weighted by Crippen LogP contribution is -2.22. The highest BCUT2D eigenvalue weighted by Gasteiger charge is 2.05. The average Bonchev–Trinajstić information content (AvgIpc) is 2.53. The number of methoxy groups -OCH3 is 1. The Bertz CT molecular complexity index is 576. The first-order valence-corrected chi connectivity index (χ1v) is 6.73. The van der Waals surface area contributed by atoms with Gasteiger partial charge in [0.25, 0.3) is 5.91 Å². The summed E-state index contributed by atoms with van der Waals surface area (Å²) in [5.41, 5.74) is 2.93. The lowest BCUT2D eigenvalue weighted by molar-refractivity contribution is 0.0951. The Labute approximate surface area is 119 Å². The van der Waals surface area contributed by atoms with Crippen LogP contribution in [0, 0.1) is 0 Å². The molecule has 0 spiro atoms. The maximum Gasteiger partial charge on any atom is 0.251 e. The zero-order valence-electron chi connectivity index (χ0n) is 11.8. The van der Waals surface area contributed by atoms with Crippen LogP contribution in [-0.4, -0.2) is 13.0 Å². The first kappa shape index (κ1) is 14.1. The fourth-order valence-electron chi connectivity index (χ4n) is 1.96. The van der Waals surface area contributed by atoms with Crippen molar-refractivity contribution in [3.63, 3.8) is 0 Å². The van der Waals surface area contributed by atoms with E-state index in [9.17, 15) is 4.79 Å². The molecule has 0 unspecified atom stereocenters. The van der Waals surface area contributed by atoms with Crippen LogP contribution >= 0.6 is 0 Å². The first-order valence-electron chi connectivity index (χ1n) is 6.73. The van der Waals surface area contributed by atoms with E-state index in [4.69, 9.17) is 4.74 Å². The van der Waals surface area contributed by atoms with Gasteiger partial charge in [-0.3, -0.25) is 4.79 Å². The number of carbonyl (C=O) groups is 1. The van der Waals surface area contributed by atoms with Crippen molar-refractivity contribution in [1.82, 2.24) is 5.32 Å². The van der Waals surface area contributed by atoms with Gasteiger partial charge in [0.2, 0.25) is 0 Å². The summed E-state index contributed by atoms with van der Waals surface area (Å²) in [4.78, 5) is 12.0. The quantitative estimate of drug-likeness (QED) is 0.905. The van der Waals surface area contributed by atoms with Gasteiger partial charge in [-0.2, -0.15) is 0 Å². The summed E-state index contributed by atoms with van der Waals surface area (Å²) >= 11 is 0. The zero-order valence-corrected chi connectivity index (χ0v) is 11.8. The average molecular weight is 269 g/mol. The van der Waals surface area contributed by atoms with E-state index in [2.05, 4.69) is 12.2 Å². The standard InChI is InChI=1S/C17H19NO2/c1-3-13-7-9-15(10-8-13)17(19)18-12-14-5-4-6-16(11-14)20-2/h4-11H,3,12H2,1-2H3,(H,18,19). The van der Waals surface area contributed by atoms with Gasteiger partial charge >= 0.3 is 0 Å². The van der Waals surface area contributed by atoms with Crippen LogP contribution in [0.25, 0.3) is 0 Å². The smallest absolute Gasteiger partial charge is 0.251 e. The summed E-state index contributed by atoms with van der Waals surface area (Å²) < 4.78 is 5.16. The molecular weight excluding hydrogens is 250 g/mol. The molecule has 0 aromatic heterocycles. The Hall–Kier alpha value is -2.29. The number of carbonyl (C=O) groups excluding carboxylic acids is 1. The molecular formula is C17H19NO2. The van der Waals surface area contributed by atoms with Crippen molar-refractivity contribution in [3.05, 3.63) is 65.2 Å². The first-order chi connectivity index (χ1) is 9.72. The van der Waals surface area contributed by atoms with E-state index in [1.807, 2.05) is 48.5 Å². The molecule has 0 bridgehead atoms. The second-order valence-electron chi connectivity index (χ2n) is 4.58. The molecule has 2 aromatic carbocycles. The van der Waals surface area contributed by atoms with Crippen LogP contribution in [0.3, 0.4) is 0 Å². The molecule has 0 atom stereocenters. The van der Waals surface area contributed by atoms with E-state index >= 15 is 0 Å². The molecule has 3 nitrogen and oxygen atoms in total. The van der Waals surface area contributed by atoms with Crippen LogP contribution in [0.15, 0.2) is 48.5 Å². The third-order valence-corrected chi connectivity index (χ3v) is 3.21. The highest BCUT2D eigenvalue weighted by Crippen LogP contribution is 2.12. The Kier molecular flexibility index (Phi) is 4.77. The molecule has 1 amide bonds. The van der Waals surface area contributed by atoms with E-state index in [-0.39, 0.29) is 5.91 Å². The van der Waals surface area contributed by atoms with E-state index < -0.39 is 0 Å². The number of rotatable bonds is 5. The molecule has 2 aromatic rings. The van der Waals surface area contributed by atoms with Crippen molar-refractivity contribution in [1.29, 1.82) is 0 Å². The van der Waals surface area contributed by atoms with Gasteiger partial charge in [-0.25, -0.2) is 0 Å². The molecule has 0 aliphatic carbocycles. The number of amides is 1. The van der Waals surface area contributed by atoms with Crippen molar-refractivity contribution in [2.75, 3.05) is 7.11 Å². The minimum Gasteiger partial charge on any atom is -0.497 e. The van der Waals surface area contributed by atoms with E-state index in [0.29, 0.717) is 12.1 Å². The van der Waals surface area contributed by atoms with Gasteiger partial charge in [0.05, 0.1) is 7.11 Å². The van der Waals surface area contributed by atoms with Crippen LogP contribution in [0.4, 0.5) is 0 Å². The predicted molar refractivity (Wildman–Crippen MR) is 80.0 cm³/mol.